The maximum absolute atomic E-state index is 6.17. The summed E-state index contributed by atoms with van der Waals surface area (Å²) in [7, 11) is 3.49. The van der Waals surface area contributed by atoms with Gasteiger partial charge in [0.2, 0.25) is 0 Å². The van der Waals surface area contributed by atoms with Crippen LogP contribution < -0.4 is 10.1 Å². The molecular weight excluding hydrogens is 280 g/mol. The molecular formula is C14H17ClN2O3. The van der Waals surface area contributed by atoms with E-state index in [0.717, 1.165) is 12.1 Å². The average Bonchev–Trinajstić information content (AvgIpc) is 2.86. The number of methoxy groups -OCH3 is 1. The number of hydrogen-bond acceptors (Lipinski definition) is 5. The molecule has 0 amide bonds. The molecule has 1 aromatic heterocycles. The molecule has 0 radical (unpaired) electrons. The van der Waals surface area contributed by atoms with Crippen LogP contribution in [-0.2, 0) is 24.5 Å². The van der Waals surface area contributed by atoms with Gasteiger partial charge in [-0.25, -0.2) is 0 Å². The number of hydrogen-bond donors (Lipinski definition) is 1. The van der Waals surface area contributed by atoms with E-state index in [9.17, 15) is 0 Å². The van der Waals surface area contributed by atoms with Crippen LogP contribution in [0.15, 0.2) is 28.8 Å². The standard InChI is InChI=1S/C14H17ClN2O3/c1-16-7-10-3-4-14(13(15)5-10)19-8-11-6-12(9-18-2)20-17-11/h3-6,16H,7-9H2,1-2H3. The monoisotopic (exact) mass is 296 g/mol. The highest BCUT2D eigenvalue weighted by Gasteiger charge is 2.07. The Labute approximate surface area is 122 Å². The van der Waals surface area contributed by atoms with Gasteiger partial charge in [-0.2, -0.15) is 0 Å². The molecule has 2 aromatic rings. The van der Waals surface area contributed by atoms with E-state index in [2.05, 4.69) is 10.5 Å². The Kier molecular flexibility index (Phi) is 5.40. The van der Waals surface area contributed by atoms with E-state index in [1.54, 1.807) is 13.2 Å². The summed E-state index contributed by atoms with van der Waals surface area (Å²) in [6, 6.07) is 7.50. The summed E-state index contributed by atoms with van der Waals surface area (Å²) in [6.07, 6.45) is 0. The lowest BCUT2D eigenvalue weighted by Crippen LogP contribution is -2.05. The van der Waals surface area contributed by atoms with Crippen molar-refractivity contribution in [2.45, 2.75) is 19.8 Å². The van der Waals surface area contributed by atoms with Crippen LogP contribution in [0.25, 0.3) is 0 Å². The minimum absolute atomic E-state index is 0.304. The van der Waals surface area contributed by atoms with Crippen LogP contribution in [0.4, 0.5) is 0 Å². The minimum Gasteiger partial charge on any atom is -0.486 e. The molecule has 0 saturated carbocycles. The first kappa shape index (κ1) is 14.8. The average molecular weight is 297 g/mol. The summed E-state index contributed by atoms with van der Waals surface area (Å²) in [5, 5.41) is 7.54. The second kappa shape index (κ2) is 7.28. The first-order chi connectivity index (χ1) is 9.72. The second-order valence-electron chi connectivity index (χ2n) is 4.30. The highest BCUT2D eigenvalue weighted by Crippen LogP contribution is 2.26. The molecule has 1 aromatic carbocycles. The maximum atomic E-state index is 6.17. The van der Waals surface area contributed by atoms with Crippen molar-refractivity contribution < 1.29 is 14.0 Å². The van der Waals surface area contributed by atoms with Gasteiger partial charge < -0.3 is 19.3 Å². The topological polar surface area (TPSA) is 56.5 Å². The number of ether oxygens (including phenoxy) is 2. The molecule has 1 heterocycles. The zero-order chi connectivity index (χ0) is 14.4. The largest absolute Gasteiger partial charge is 0.486 e. The van der Waals surface area contributed by atoms with Gasteiger partial charge in [0.25, 0.3) is 0 Å². The zero-order valence-electron chi connectivity index (χ0n) is 11.5. The predicted octanol–water partition coefficient (Wildman–Crippen LogP) is 2.77. The third-order valence-electron chi connectivity index (χ3n) is 2.65. The summed E-state index contributed by atoms with van der Waals surface area (Å²) >= 11 is 6.17. The van der Waals surface area contributed by atoms with Crippen LogP contribution in [0, 0.1) is 0 Å². The molecule has 0 fully saturated rings. The van der Waals surface area contributed by atoms with Crippen molar-refractivity contribution in [1.29, 1.82) is 0 Å². The molecule has 0 aliphatic heterocycles. The third-order valence-corrected chi connectivity index (χ3v) is 2.94. The van der Waals surface area contributed by atoms with Crippen LogP contribution in [0.3, 0.4) is 0 Å². The fourth-order valence-electron chi connectivity index (χ4n) is 1.76. The highest BCUT2D eigenvalue weighted by molar-refractivity contribution is 6.32. The normalized spacial score (nSPS) is 10.8. The summed E-state index contributed by atoms with van der Waals surface area (Å²) in [5.74, 6) is 1.30. The number of aromatic nitrogens is 1. The Morgan fingerprint density at radius 3 is 2.85 bits per heavy atom. The van der Waals surface area contributed by atoms with E-state index in [1.807, 2.05) is 25.2 Å². The summed E-state index contributed by atoms with van der Waals surface area (Å²) in [4.78, 5) is 0. The molecule has 2 rings (SSSR count). The van der Waals surface area contributed by atoms with Gasteiger partial charge in [0, 0.05) is 19.7 Å². The zero-order valence-corrected chi connectivity index (χ0v) is 12.2. The first-order valence-corrected chi connectivity index (χ1v) is 6.60. The molecule has 0 aliphatic rings. The van der Waals surface area contributed by atoms with Gasteiger partial charge in [0.15, 0.2) is 5.76 Å². The Hall–Kier alpha value is -1.56. The van der Waals surface area contributed by atoms with Gasteiger partial charge in [-0.3, -0.25) is 0 Å². The fourth-order valence-corrected chi connectivity index (χ4v) is 2.02. The molecule has 6 heteroatoms. The van der Waals surface area contributed by atoms with E-state index < -0.39 is 0 Å². The van der Waals surface area contributed by atoms with Crippen molar-refractivity contribution in [1.82, 2.24) is 10.5 Å². The predicted molar refractivity (Wildman–Crippen MR) is 75.8 cm³/mol. The van der Waals surface area contributed by atoms with E-state index in [4.69, 9.17) is 25.6 Å². The summed E-state index contributed by atoms with van der Waals surface area (Å²) in [5.41, 5.74) is 1.81. The Bertz CT molecular complexity index is 557. The van der Waals surface area contributed by atoms with E-state index in [-0.39, 0.29) is 0 Å². The van der Waals surface area contributed by atoms with Gasteiger partial charge >= 0.3 is 0 Å². The smallest absolute Gasteiger partial charge is 0.162 e. The van der Waals surface area contributed by atoms with Crippen LogP contribution in [0.2, 0.25) is 5.02 Å². The lowest BCUT2D eigenvalue weighted by atomic mass is 10.2. The lowest BCUT2D eigenvalue weighted by Gasteiger charge is -2.08. The molecule has 0 bridgehead atoms. The molecule has 0 saturated heterocycles. The SMILES string of the molecule is CNCc1ccc(OCc2cc(COC)on2)c(Cl)c1. The molecule has 20 heavy (non-hydrogen) atoms. The number of halogens is 1. The number of benzene rings is 1. The Morgan fingerprint density at radius 1 is 1.30 bits per heavy atom. The van der Waals surface area contributed by atoms with E-state index in [1.165, 1.54) is 0 Å². The van der Waals surface area contributed by atoms with Crippen molar-refractivity contribution in [3.8, 4) is 5.75 Å². The van der Waals surface area contributed by atoms with Crippen molar-refractivity contribution in [2.24, 2.45) is 0 Å². The summed E-state index contributed by atoms with van der Waals surface area (Å²) in [6.45, 7) is 1.47. The van der Waals surface area contributed by atoms with E-state index in [0.29, 0.717) is 35.4 Å². The molecule has 0 unspecified atom stereocenters. The molecule has 0 aliphatic carbocycles. The molecule has 108 valence electrons. The fraction of sp³-hybridized carbons (Fsp3) is 0.357. The van der Waals surface area contributed by atoms with Gasteiger partial charge in [0.1, 0.15) is 24.7 Å². The third kappa shape index (κ3) is 3.96. The maximum Gasteiger partial charge on any atom is 0.162 e. The minimum atomic E-state index is 0.304. The van der Waals surface area contributed by atoms with Gasteiger partial charge in [-0.15, -0.1) is 0 Å². The van der Waals surface area contributed by atoms with Crippen LogP contribution in [0.5, 0.6) is 5.75 Å². The number of nitrogens with zero attached hydrogens (tertiary/aromatic N) is 1. The lowest BCUT2D eigenvalue weighted by molar-refractivity contribution is 0.155. The second-order valence-corrected chi connectivity index (χ2v) is 4.71. The molecule has 5 nitrogen and oxygen atoms in total. The van der Waals surface area contributed by atoms with Crippen molar-refractivity contribution in [2.75, 3.05) is 14.2 Å². The number of nitrogens with one attached hydrogen (secondary N) is 1. The Morgan fingerprint density at radius 2 is 2.15 bits per heavy atom. The molecule has 0 spiro atoms. The Balaban J connectivity index is 1.95. The molecule has 0 atom stereocenters. The molecule has 1 N–H and O–H groups in total. The van der Waals surface area contributed by atoms with Gasteiger partial charge in [-0.05, 0) is 24.7 Å². The first-order valence-electron chi connectivity index (χ1n) is 6.22. The highest BCUT2D eigenvalue weighted by atomic mass is 35.5. The number of rotatable bonds is 7. The quantitative estimate of drug-likeness (QED) is 0.851. The van der Waals surface area contributed by atoms with Crippen LogP contribution in [-0.4, -0.2) is 19.3 Å². The van der Waals surface area contributed by atoms with Crippen molar-refractivity contribution in [3.63, 3.8) is 0 Å². The van der Waals surface area contributed by atoms with Crippen LogP contribution >= 0.6 is 11.6 Å². The van der Waals surface area contributed by atoms with E-state index >= 15 is 0 Å². The van der Waals surface area contributed by atoms with Gasteiger partial charge in [-0.1, -0.05) is 22.8 Å². The van der Waals surface area contributed by atoms with Crippen LogP contribution in [0.1, 0.15) is 17.0 Å². The van der Waals surface area contributed by atoms with Crippen molar-refractivity contribution in [3.05, 3.63) is 46.3 Å². The van der Waals surface area contributed by atoms with Crippen molar-refractivity contribution >= 4 is 11.6 Å². The van der Waals surface area contributed by atoms with Gasteiger partial charge in [0.05, 0.1) is 5.02 Å². The summed E-state index contributed by atoms with van der Waals surface area (Å²) < 4.78 is 15.7.